The van der Waals surface area contributed by atoms with Crippen molar-refractivity contribution in [3.63, 3.8) is 0 Å². The molecule has 0 saturated carbocycles. The third-order valence-electron chi connectivity index (χ3n) is 4.12. The molecule has 0 radical (unpaired) electrons. The number of aliphatic carboxylic acids is 1. The van der Waals surface area contributed by atoms with Gasteiger partial charge in [-0.25, -0.2) is 0 Å². The second-order valence-corrected chi connectivity index (χ2v) is 8.43. The van der Waals surface area contributed by atoms with Gasteiger partial charge >= 0.3 is 5.97 Å². The summed E-state index contributed by atoms with van der Waals surface area (Å²) in [6.45, 7) is 0.722. The van der Waals surface area contributed by atoms with Gasteiger partial charge < -0.3 is 9.84 Å². The zero-order valence-electron chi connectivity index (χ0n) is 15.3. The van der Waals surface area contributed by atoms with Crippen molar-refractivity contribution in [2.45, 2.75) is 19.4 Å². The van der Waals surface area contributed by atoms with Gasteiger partial charge in [0.15, 0.2) is 0 Å². The Bertz CT molecular complexity index is 959. The van der Waals surface area contributed by atoms with Crippen LogP contribution in [0.4, 0.5) is 0 Å². The Kier molecular flexibility index (Phi) is 7.30. The molecule has 1 aliphatic heterocycles. The Morgan fingerprint density at radius 2 is 2.00 bits per heavy atom. The van der Waals surface area contributed by atoms with E-state index in [4.69, 9.17) is 33.7 Å². The lowest BCUT2D eigenvalue weighted by atomic mass is 10.2. The van der Waals surface area contributed by atoms with E-state index in [9.17, 15) is 9.59 Å². The number of thiocarbonyl (C=S) groups is 1. The number of amides is 1. The molecule has 0 unspecified atom stereocenters. The minimum Gasteiger partial charge on any atom is -0.489 e. The van der Waals surface area contributed by atoms with Crippen LogP contribution in [0.15, 0.2) is 53.4 Å². The minimum absolute atomic E-state index is 0.00670. The molecule has 0 spiro atoms. The number of hydrogen-bond acceptors (Lipinski definition) is 5. The van der Waals surface area contributed by atoms with Gasteiger partial charge in [-0.2, -0.15) is 0 Å². The minimum atomic E-state index is -0.886. The molecule has 29 heavy (non-hydrogen) atoms. The Labute approximate surface area is 183 Å². The maximum atomic E-state index is 12.5. The Balaban J connectivity index is 1.59. The van der Waals surface area contributed by atoms with Gasteiger partial charge in [-0.15, -0.1) is 0 Å². The molecule has 1 N–H and O–H groups in total. The average molecular weight is 448 g/mol. The summed E-state index contributed by atoms with van der Waals surface area (Å²) in [5.74, 6) is -0.362. The molecular weight excluding hydrogens is 430 g/mol. The zero-order chi connectivity index (χ0) is 20.8. The number of carboxylic acids is 1. The van der Waals surface area contributed by atoms with E-state index in [1.807, 2.05) is 48.5 Å². The molecule has 8 heteroatoms. The van der Waals surface area contributed by atoms with Gasteiger partial charge in [0, 0.05) is 18.0 Å². The first-order chi connectivity index (χ1) is 13.9. The van der Waals surface area contributed by atoms with Crippen molar-refractivity contribution < 1.29 is 19.4 Å². The van der Waals surface area contributed by atoms with Gasteiger partial charge in [0.05, 0.1) is 4.91 Å². The summed E-state index contributed by atoms with van der Waals surface area (Å²) in [7, 11) is 0. The average Bonchev–Trinajstić information content (AvgIpc) is 2.94. The van der Waals surface area contributed by atoms with Crippen LogP contribution in [0.5, 0.6) is 5.75 Å². The summed E-state index contributed by atoms with van der Waals surface area (Å²) in [5.41, 5.74) is 1.83. The fraction of sp³-hybridized carbons (Fsp3) is 0.190. The molecule has 1 aliphatic rings. The highest BCUT2D eigenvalue weighted by Crippen LogP contribution is 2.33. The summed E-state index contributed by atoms with van der Waals surface area (Å²) in [4.78, 5) is 25.1. The van der Waals surface area contributed by atoms with E-state index in [1.165, 1.54) is 16.7 Å². The van der Waals surface area contributed by atoms with Crippen molar-refractivity contribution in [2.75, 3.05) is 6.54 Å². The third-order valence-corrected chi connectivity index (χ3v) is 5.73. The fourth-order valence-corrected chi connectivity index (χ4v) is 4.21. The van der Waals surface area contributed by atoms with Crippen LogP contribution in [0.1, 0.15) is 24.0 Å². The predicted molar refractivity (Wildman–Crippen MR) is 119 cm³/mol. The van der Waals surface area contributed by atoms with Gasteiger partial charge in [-0.05, 0) is 47.9 Å². The highest BCUT2D eigenvalue weighted by atomic mass is 35.5. The SMILES string of the molecule is O=C(O)CCCN1C(=O)C(=Cc2ccc(OCc3cccc(Cl)c3)cc2)SC1=S. The van der Waals surface area contributed by atoms with Crippen molar-refractivity contribution >= 4 is 57.9 Å². The first-order valence-electron chi connectivity index (χ1n) is 8.87. The second kappa shape index (κ2) is 9.91. The number of ether oxygens (including phenoxy) is 1. The lowest BCUT2D eigenvalue weighted by Crippen LogP contribution is -2.29. The summed E-state index contributed by atoms with van der Waals surface area (Å²) in [5, 5.41) is 9.40. The van der Waals surface area contributed by atoms with E-state index in [2.05, 4.69) is 0 Å². The number of carbonyl (C=O) groups excluding carboxylic acids is 1. The normalized spacial score (nSPS) is 15.2. The number of carboxylic acid groups (broad SMARTS) is 1. The fourth-order valence-electron chi connectivity index (χ4n) is 2.69. The summed E-state index contributed by atoms with van der Waals surface area (Å²) < 4.78 is 6.21. The van der Waals surface area contributed by atoms with Gasteiger partial charge in [-0.3, -0.25) is 14.5 Å². The molecule has 0 bridgehead atoms. The molecule has 3 rings (SSSR count). The van der Waals surface area contributed by atoms with E-state index in [-0.39, 0.29) is 12.3 Å². The molecule has 1 amide bonds. The molecule has 5 nitrogen and oxygen atoms in total. The van der Waals surface area contributed by atoms with Gasteiger partial charge in [0.25, 0.3) is 5.91 Å². The van der Waals surface area contributed by atoms with Gasteiger partial charge in [0.1, 0.15) is 16.7 Å². The highest BCUT2D eigenvalue weighted by molar-refractivity contribution is 8.26. The molecule has 0 atom stereocenters. The molecule has 0 aliphatic carbocycles. The molecule has 1 heterocycles. The highest BCUT2D eigenvalue weighted by Gasteiger charge is 2.31. The standard InChI is InChI=1S/C21H18ClNO4S2/c22-16-4-1-3-15(11-16)13-27-17-8-6-14(7-9-17)12-18-20(26)23(21(28)29-18)10-2-5-19(24)25/h1,3-4,6-9,11-12H,2,5,10,13H2,(H,24,25). The maximum Gasteiger partial charge on any atom is 0.303 e. The van der Waals surface area contributed by atoms with Crippen LogP contribution in [0.25, 0.3) is 6.08 Å². The van der Waals surface area contributed by atoms with E-state index in [0.29, 0.717) is 39.6 Å². The first-order valence-corrected chi connectivity index (χ1v) is 10.5. The third kappa shape index (κ3) is 6.06. The van der Waals surface area contributed by atoms with E-state index in [0.717, 1.165) is 11.1 Å². The van der Waals surface area contributed by atoms with Crippen LogP contribution in [0.2, 0.25) is 5.02 Å². The monoisotopic (exact) mass is 447 g/mol. The van der Waals surface area contributed by atoms with Crippen LogP contribution in [0.3, 0.4) is 0 Å². The number of thioether (sulfide) groups is 1. The van der Waals surface area contributed by atoms with Gasteiger partial charge in [-0.1, -0.05) is 59.8 Å². The van der Waals surface area contributed by atoms with Crippen LogP contribution in [0, 0.1) is 0 Å². The summed E-state index contributed by atoms with van der Waals surface area (Å²) in [6, 6.07) is 14.9. The topological polar surface area (TPSA) is 66.8 Å². The molecule has 1 saturated heterocycles. The molecular formula is C21H18ClNO4S2. The number of rotatable bonds is 8. The van der Waals surface area contributed by atoms with E-state index >= 15 is 0 Å². The lowest BCUT2D eigenvalue weighted by molar-refractivity contribution is -0.137. The van der Waals surface area contributed by atoms with E-state index < -0.39 is 5.97 Å². The molecule has 2 aromatic carbocycles. The van der Waals surface area contributed by atoms with Crippen LogP contribution in [-0.2, 0) is 16.2 Å². The largest absolute Gasteiger partial charge is 0.489 e. The Hall–Kier alpha value is -2.35. The zero-order valence-corrected chi connectivity index (χ0v) is 17.7. The first kappa shape index (κ1) is 21.4. The number of carbonyl (C=O) groups is 2. The predicted octanol–water partition coefficient (Wildman–Crippen LogP) is 4.99. The second-order valence-electron chi connectivity index (χ2n) is 6.32. The summed E-state index contributed by atoms with van der Waals surface area (Å²) >= 11 is 12.4. The van der Waals surface area contributed by atoms with Crippen molar-refractivity contribution in [3.8, 4) is 5.75 Å². The van der Waals surface area contributed by atoms with Crippen molar-refractivity contribution in [1.29, 1.82) is 0 Å². The van der Waals surface area contributed by atoms with Crippen molar-refractivity contribution in [2.24, 2.45) is 0 Å². The van der Waals surface area contributed by atoms with Crippen LogP contribution >= 0.6 is 35.6 Å². The Morgan fingerprint density at radius 1 is 1.24 bits per heavy atom. The van der Waals surface area contributed by atoms with Crippen LogP contribution < -0.4 is 4.74 Å². The molecule has 0 aromatic heterocycles. The molecule has 2 aromatic rings. The maximum absolute atomic E-state index is 12.5. The van der Waals surface area contributed by atoms with Crippen molar-refractivity contribution in [3.05, 3.63) is 69.6 Å². The number of hydrogen-bond donors (Lipinski definition) is 1. The number of benzene rings is 2. The smallest absolute Gasteiger partial charge is 0.303 e. The number of nitrogens with zero attached hydrogens (tertiary/aromatic N) is 1. The van der Waals surface area contributed by atoms with Crippen LogP contribution in [-0.4, -0.2) is 32.7 Å². The molecule has 150 valence electrons. The lowest BCUT2D eigenvalue weighted by Gasteiger charge is -2.13. The van der Waals surface area contributed by atoms with Gasteiger partial charge in [0.2, 0.25) is 0 Å². The number of halogens is 1. The summed E-state index contributed by atoms with van der Waals surface area (Å²) in [6.07, 6.45) is 2.15. The Morgan fingerprint density at radius 3 is 2.69 bits per heavy atom. The van der Waals surface area contributed by atoms with Crippen molar-refractivity contribution in [1.82, 2.24) is 4.90 Å². The quantitative estimate of drug-likeness (QED) is 0.454. The van der Waals surface area contributed by atoms with E-state index in [1.54, 1.807) is 6.08 Å². The molecule has 1 fully saturated rings.